The lowest BCUT2D eigenvalue weighted by molar-refractivity contribution is 0.101. The summed E-state index contributed by atoms with van der Waals surface area (Å²) in [7, 11) is 0. The van der Waals surface area contributed by atoms with Gasteiger partial charge in [-0.15, -0.1) is 11.3 Å². The summed E-state index contributed by atoms with van der Waals surface area (Å²) in [6.45, 7) is 4.51. The molecule has 0 fully saturated rings. The lowest BCUT2D eigenvalue weighted by Gasteiger charge is -2.07. The molecule has 4 rings (SSSR count). The summed E-state index contributed by atoms with van der Waals surface area (Å²) in [4.78, 5) is 17.3. The van der Waals surface area contributed by atoms with Crippen molar-refractivity contribution >= 4 is 33.1 Å². The summed E-state index contributed by atoms with van der Waals surface area (Å²) in [6, 6.07) is 17.7. The first-order valence-electron chi connectivity index (χ1n) is 8.46. The van der Waals surface area contributed by atoms with E-state index in [1.54, 1.807) is 22.1 Å². The third kappa shape index (κ3) is 3.11. The number of carbonyl (C=O) groups is 1. The predicted octanol–water partition coefficient (Wildman–Crippen LogP) is 4.74. The Morgan fingerprint density at radius 1 is 1.15 bits per heavy atom. The van der Waals surface area contributed by atoms with E-state index >= 15 is 0 Å². The molecular formula is C20H18N4OS. The van der Waals surface area contributed by atoms with E-state index in [1.807, 2.05) is 56.3 Å². The normalized spacial score (nSPS) is 11.0. The number of hydrogen-bond acceptors (Lipinski definition) is 4. The highest BCUT2D eigenvalue weighted by molar-refractivity contribution is 7.21. The van der Waals surface area contributed by atoms with Crippen LogP contribution in [0, 0.1) is 6.92 Å². The summed E-state index contributed by atoms with van der Waals surface area (Å²) < 4.78 is 2.86. The van der Waals surface area contributed by atoms with Crippen LogP contribution in [0.25, 0.3) is 20.8 Å². The van der Waals surface area contributed by atoms with Gasteiger partial charge in [-0.05, 0) is 44.2 Å². The van der Waals surface area contributed by atoms with Gasteiger partial charge in [0.05, 0.1) is 15.9 Å². The van der Waals surface area contributed by atoms with E-state index in [-0.39, 0.29) is 5.91 Å². The second-order valence-electron chi connectivity index (χ2n) is 6.01. The van der Waals surface area contributed by atoms with Crippen LogP contribution >= 0.6 is 11.3 Å². The van der Waals surface area contributed by atoms with Crippen LogP contribution in [0.2, 0.25) is 0 Å². The molecule has 0 radical (unpaired) electrons. The van der Waals surface area contributed by atoms with Crippen molar-refractivity contribution in [2.75, 3.05) is 5.32 Å². The van der Waals surface area contributed by atoms with Gasteiger partial charge in [0.2, 0.25) is 0 Å². The SMILES string of the molecule is CCn1nc(C)cc1C(=O)Nc1cccc(-c2nc3ccccc3s2)c1. The molecule has 1 amide bonds. The summed E-state index contributed by atoms with van der Waals surface area (Å²) in [5, 5.41) is 8.24. The van der Waals surface area contributed by atoms with Crippen molar-refractivity contribution in [3.8, 4) is 10.6 Å². The Morgan fingerprint density at radius 2 is 2.00 bits per heavy atom. The molecule has 130 valence electrons. The van der Waals surface area contributed by atoms with Crippen molar-refractivity contribution in [3.63, 3.8) is 0 Å². The molecule has 2 aromatic carbocycles. The maximum Gasteiger partial charge on any atom is 0.273 e. The molecule has 0 aliphatic heterocycles. The Labute approximate surface area is 155 Å². The maximum atomic E-state index is 12.6. The van der Waals surface area contributed by atoms with E-state index in [4.69, 9.17) is 0 Å². The summed E-state index contributed by atoms with van der Waals surface area (Å²) in [5.41, 5.74) is 4.12. The van der Waals surface area contributed by atoms with E-state index in [2.05, 4.69) is 21.5 Å². The fraction of sp³-hybridized carbons (Fsp3) is 0.150. The number of nitrogens with one attached hydrogen (secondary N) is 1. The van der Waals surface area contributed by atoms with Crippen LogP contribution in [0.3, 0.4) is 0 Å². The molecule has 0 unspecified atom stereocenters. The van der Waals surface area contributed by atoms with Crippen molar-refractivity contribution < 1.29 is 4.79 Å². The van der Waals surface area contributed by atoms with Gasteiger partial charge in [-0.1, -0.05) is 24.3 Å². The largest absolute Gasteiger partial charge is 0.321 e. The molecule has 2 aromatic heterocycles. The summed E-state index contributed by atoms with van der Waals surface area (Å²) >= 11 is 1.65. The quantitative estimate of drug-likeness (QED) is 0.570. The van der Waals surface area contributed by atoms with Gasteiger partial charge in [0.15, 0.2) is 0 Å². The van der Waals surface area contributed by atoms with Crippen molar-refractivity contribution in [2.45, 2.75) is 20.4 Å². The molecule has 26 heavy (non-hydrogen) atoms. The lowest BCUT2D eigenvalue weighted by atomic mass is 10.2. The average Bonchev–Trinajstić information content (AvgIpc) is 3.25. The van der Waals surface area contributed by atoms with E-state index < -0.39 is 0 Å². The summed E-state index contributed by atoms with van der Waals surface area (Å²) in [5.74, 6) is -0.158. The van der Waals surface area contributed by atoms with E-state index in [0.29, 0.717) is 12.2 Å². The minimum absolute atomic E-state index is 0.158. The van der Waals surface area contributed by atoms with Crippen LogP contribution in [0.15, 0.2) is 54.6 Å². The third-order valence-electron chi connectivity index (χ3n) is 4.10. The van der Waals surface area contributed by atoms with Gasteiger partial charge in [0, 0.05) is 17.8 Å². The third-order valence-corrected chi connectivity index (χ3v) is 5.18. The fourth-order valence-electron chi connectivity index (χ4n) is 2.89. The van der Waals surface area contributed by atoms with Crippen LogP contribution < -0.4 is 5.32 Å². The molecule has 0 aliphatic carbocycles. The van der Waals surface area contributed by atoms with E-state index in [9.17, 15) is 4.79 Å². The standard InChI is InChI=1S/C20H18N4OS/c1-3-24-17(11-13(2)23-24)19(25)21-15-8-6-7-14(12-15)20-22-16-9-4-5-10-18(16)26-20/h4-12H,3H2,1-2H3,(H,21,25). The first-order valence-corrected chi connectivity index (χ1v) is 9.27. The van der Waals surface area contributed by atoms with E-state index in [1.165, 1.54) is 0 Å². The predicted molar refractivity (Wildman–Crippen MR) is 106 cm³/mol. The average molecular weight is 362 g/mol. The molecule has 0 saturated carbocycles. The number of rotatable bonds is 4. The second kappa shape index (κ2) is 6.72. The molecule has 6 heteroatoms. The smallest absolute Gasteiger partial charge is 0.273 e. The van der Waals surface area contributed by atoms with Gasteiger partial charge in [-0.2, -0.15) is 5.10 Å². The topological polar surface area (TPSA) is 59.8 Å². The number of aryl methyl sites for hydroxylation is 2. The maximum absolute atomic E-state index is 12.6. The van der Waals surface area contributed by atoms with Gasteiger partial charge >= 0.3 is 0 Å². The zero-order chi connectivity index (χ0) is 18.1. The minimum atomic E-state index is -0.158. The van der Waals surface area contributed by atoms with Gasteiger partial charge in [0.1, 0.15) is 10.7 Å². The van der Waals surface area contributed by atoms with Crippen molar-refractivity contribution in [1.82, 2.24) is 14.8 Å². The number of nitrogens with zero attached hydrogens (tertiary/aromatic N) is 3. The highest BCUT2D eigenvalue weighted by atomic mass is 32.1. The van der Waals surface area contributed by atoms with Crippen molar-refractivity contribution in [2.24, 2.45) is 0 Å². The molecule has 0 aliphatic rings. The molecular weight excluding hydrogens is 344 g/mol. The van der Waals surface area contributed by atoms with Crippen LogP contribution in [0.1, 0.15) is 23.1 Å². The molecule has 0 atom stereocenters. The number of benzene rings is 2. The highest BCUT2D eigenvalue weighted by Crippen LogP contribution is 2.31. The first kappa shape index (κ1) is 16.5. The van der Waals surface area contributed by atoms with Crippen LogP contribution in [-0.2, 0) is 6.54 Å². The Balaban J connectivity index is 1.62. The second-order valence-corrected chi connectivity index (χ2v) is 7.04. The molecule has 0 saturated heterocycles. The Morgan fingerprint density at radius 3 is 2.81 bits per heavy atom. The Bertz CT molecular complexity index is 1060. The molecule has 0 spiro atoms. The minimum Gasteiger partial charge on any atom is -0.321 e. The number of thiazole rings is 1. The molecule has 4 aromatic rings. The fourth-order valence-corrected chi connectivity index (χ4v) is 3.85. The van der Waals surface area contributed by atoms with Gasteiger partial charge in [-0.25, -0.2) is 4.98 Å². The van der Waals surface area contributed by atoms with Gasteiger partial charge in [0.25, 0.3) is 5.91 Å². The Kier molecular flexibility index (Phi) is 4.26. The van der Waals surface area contributed by atoms with E-state index in [0.717, 1.165) is 32.2 Å². The van der Waals surface area contributed by atoms with Crippen LogP contribution in [-0.4, -0.2) is 20.7 Å². The first-order chi connectivity index (χ1) is 12.6. The number of hydrogen-bond donors (Lipinski definition) is 1. The monoisotopic (exact) mass is 362 g/mol. The number of aromatic nitrogens is 3. The zero-order valence-electron chi connectivity index (χ0n) is 14.6. The number of amides is 1. The molecule has 0 bridgehead atoms. The lowest BCUT2D eigenvalue weighted by Crippen LogP contribution is -2.17. The number of fused-ring (bicyclic) bond motifs is 1. The van der Waals surface area contributed by atoms with Crippen LogP contribution in [0.4, 0.5) is 5.69 Å². The van der Waals surface area contributed by atoms with Gasteiger partial charge < -0.3 is 5.32 Å². The zero-order valence-corrected chi connectivity index (χ0v) is 15.4. The van der Waals surface area contributed by atoms with Crippen molar-refractivity contribution in [3.05, 3.63) is 66.0 Å². The van der Waals surface area contributed by atoms with Crippen molar-refractivity contribution in [1.29, 1.82) is 0 Å². The molecule has 1 N–H and O–H groups in total. The summed E-state index contributed by atoms with van der Waals surface area (Å²) in [6.07, 6.45) is 0. The van der Waals surface area contributed by atoms with Gasteiger partial charge in [-0.3, -0.25) is 9.48 Å². The highest BCUT2D eigenvalue weighted by Gasteiger charge is 2.14. The molecule has 2 heterocycles. The number of anilines is 1. The number of carbonyl (C=O) groups excluding carboxylic acids is 1. The molecule has 5 nitrogen and oxygen atoms in total. The Hall–Kier alpha value is -2.99. The van der Waals surface area contributed by atoms with Crippen LogP contribution in [0.5, 0.6) is 0 Å². The number of para-hydroxylation sites is 1.